The summed E-state index contributed by atoms with van der Waals surface area (Å²) in [5.41, 5.74) is 10.5. The van der Waals surface area contributed by atoms with Crippen molar-refractivity contribution in [2.24, 2.45) is 5.84 Å². The van der Waals surface area contributed by atoms with Crippen LogP contribution in [0.15, 0.2) is 18.5 Å². The van der Waals surface area contributed by atoms with Gasteiger partial charge in [0.15, 0.2) is 0 Å². The molecule has 0 fully saturated rings. The van der Waals surface area contributed by atoms with Gasteiger partial charge in [-0.25, -0.2) is 0 Å². The topological polar surface area (TPSA) is 77.0 Å². The van der Waals surface area contributed by atoms with Gasteiger partial charge >= 0.3 is 0 Å². The molecule has 0 aliphatic heterocycles. The Morgan fingerprint density at radius 2 is 2.38 bits per heavy atom. The lowest BCUT2D eigenvalue weighted by Gasteiger charge is -2.16. The molecule has 4 nitrogen and oxygen atoms in total. The quantitative estimate of drug-likeness (QED) is 0.379. The van der Waals surface area contributed by atoms with Crippen molar-refractivity contribution in [2.75, 3.05) is 17.2 Å². The lowest BCUT2D eigenvalue weighted by Crippen LogP contribution is -2.39. The molecular weight excluding hydrogens is 220 g/mol. The molecule has 0 saturated heterocycles. The van der Waals surface area contributed by atoms with E-state index in [0.717, 1.165) is 23.4 Å². The minimum absolute atomic E-state index is 0.253. The number of nitrogens with zero attached hydrogens (tertiary/aromatic N) is 1. The molecule has 1 unspecified atom stereocenters. The van der Waals surface area contributed by atoms with Crippen LogP contribution in [-0.4, -0.2) is 22.5 Å². The summed E-state index contributed by atoms with van der Waals surface area (Å²) < 4.78 is 0. The third kappa shape index (κ3) is 4.38. The molecule has 1 rings (SSSR count). The van der Waals surface area contributed by atoms with Crippen LogP contribution in [-0.2, 0) is 6.42 Å². The number of anilines is 1. The number of rotatable bonds is 7. The van der Waals surface area contributed by atoms with Crippen molar-refractivity contribution in [1.29, 1.82) is 0 Å². The summed E-state index contributed by atoms with van der Waals surface area (Å²) in [6, 6.07) is 2.07. The number of nitrogens with two attached hydrogens (primary N) is 2. The molecule has 1 aromatic heterocycles. The molecule has 1 aromatic rings. The number of hydrogen-bond acceptors (Lipinski definition) is 5. The number of nitrogens with one attached hydrogen (secondary N) is 1. The Morgan fingerprint density at radius 1 is 1.56 bits per heavy atom. The third-order valence-electron chi connectivity index (χ3n) is 2.31. The predicted molar refractivity (Wildman–Crippen MR) is 71.1 cm³/mol. The molecule has 16 heavy (non-hydrogen) atoms. The molecule has 90 valence electrons. The molecule has 0 bridgehead atoms. The predicted octanol–water partition coefficient (Wildman–Crippen LogP) is 1.18. The molecule has 0 aromatic carbocycles. The van der Waals surface area contributed by atoms with Gasteiger partial charge in [-0.1, -0.05) is 6.92 Å². The van der Waals surface area contributed by atoms with E-state index in [4.69, 9.17) is 11.6 Å². The maximum Gasteiger partial charge on any atom is 0.0378 e. The minimum Gasteiger partial charge on any atom is -0.398 e. The fourth-order valence-corrected chi connectivity index (χ4v) is 2.36. The van der Waals surface area contributed by atoms with Gasteiger partial charge in [-0.05, 0) is 30.2 Å². The van der Waals surface area contributed by atoms with Crippen molar-refractivity contribution < 1.29 is 0 Å². The highest BCUT2D eigenvalue weighted by molar-refractivity contribution is 7.99. The molecule has 5 heteroatoms. The van der Waals surface area contributed by atoms with Crippen LogP contribution in [0.5, 0.6) is 0 Å². The molecule has 0 saturated carbocycles. The average molecular weight is 240 g/mol. The summed E-state index contributed by atoms with van der Waals surface area (Å²) in [6.07, 6.45) is 5.53. The fraction of sp³-hybridized carbons (Fsp3) is 0.545. The Morgan fingerprint density at radius 3 is 3.00 bits per heavy atom. The maximum absolute atomic E-state index is 5.86. The van der Waals surface area contributed by atoms with Crippen LogP contribution in [0.2, 0.25) is 0 Å². The molecular formula is C11H20N4S. The van der Waals surface area contributed by atoms with Crippen molar-refractivity contribution in [3.05, 3.63) is 24.0 Å². The van der Waals surface area contributed by atoms with E-state index in [1.165, 1.54) is 12.2 Å². The normalized spacial score (nSPS) is 12.6. The minimum atomic E-state index is 0.253. The molecule has 0 aliphatic rings. The number of hydrogen-bond donors (Lipinski definition) is 3. The van der Waals surface area contributed by atoms with Crippen molar-refractivity contribution in [1.82, 2.24) is 10.4 Å². The Hall–Kier alpha value is -0.780. The Balaban J connectivity index is 2.46. The van der Waals surface area contributed by atoms with Gasteiger partial charge in [0.1, 0.15) is 0 Å². The van der Waals surface area contributed by atoms with Crippen LogP contribution in [0.25, 0.3) is 0 Å². The van der Waals surface area contributed by atoms with Crippen LogP contribution in [0.3, 0.4) is 0 Å². The van der Waals surface area contributed by atoms with Crippen LogP contribution in [0.4, 0.5) is 5.69 Å². The van der Waals surface area contributed by atoms with Gasteiger partial charge in [-0.15, -0.1) is 0 Å². The van der Waals surface area contributed by atoms with Gasteiger partial charge in [0.25, 0.3) is 0 Å². The van der Waals surface area contributed by atoms with E-state index in [1.54, 1.807) is 6.20 Å². The van der Waals surface area contributed by atoms with Crippen LogP contribution < -0.4 is 17.0 Å². The summed E-state index contributed by atoms with van der Waals surface area (Å²) in [6.45, 7) is 2.18. The van der Waals surface area contributed by atoms with E-state index in [-0.39, 0.29) is 6.04 Å². The lowest BCUT2D eigenvalue weighted by atomic mass is 10.1. The fourth-order valence-electron chi connectivity index (χ4n) is 1.41. The first-order valence-corrected chi connectivity index (χ1v) is 6.65. The summed E-state index contributed by atoms with van der Waals surface area (Å²) in [5, 5.41) is 0. The van der Waals surface area contributed by atoms with Gasteiger partial charge in [-0.2, -0.15) is 11.8 Å². The zero-order valence-electron chi connectivity index (χ0n) is 9.65. The molecule has 0 radical (unpaired) electrons. The second-order valence-corrected chi connectivity index (χ2v) is 4.87. The Bertz CT molecular complexity index is 306. The van der Waals surface area contributed by atoms with Crippen LogP contribution in [0, 0.1) is 0 Å². The molecule has 5 N–H and O–H groups in total. The summed E-state index contributed by atoms with van der Waals surface area (Å²) in [7, 11) is 0. The van der Waals surface area contributed by atoms with E-state index >= 15 is 0 Å². The second kappa shape index (κ2) is 7.49. The van der Waals surface area contributed by atoms with Crippen molar-refractivity contribution in [3.8, 4) is 0 Å². The number of nitrogen functional groups attached to an aromatic ring is 1. The van der Waals surface area contributed by atoms with Crippen molar-refractivity contribution in [2.45, 2.75) is 25.8 Å². The second-order valence-electron chi connectivity index (χ2n) is 3.72. The van der Waals surface area contributed by atoms with E-state index in [2.05, 4.69) is 17.3 Å². The number of thioether (sulfide) groups is 1. The maximum atomic E-state index is 5.86. The molecule has 1 heterocycles. The molecule has 0 amide bonds. The van der Waals surface area contributed by atoms with Gasteiger partial charge < -0.3 is 5.73 Å². The zero-order valence-corrected chi connectivity index (χ0v) is 10.5. The molecule has 0 aliphatic carbocycles. The number of hydrazine groups is 1. The number of aromatic nitrogens is 1. The highest BCUT2D eigenvalue weighted by atomic mass is 32.2. The first kappa shape index (κ1) is 13.3. The van der Waals surface area contributed by atoms with E-state index < -0.39 is 0 Å². The Labute approximate surface area is 101 Å². The van der Waals surface area contributed by atoms with Gasteiger partial charge in [-0.3, -0.25) is 16.3 Å². The number of pyridine rings is 1. The summed E-state index contributed by atoms with van der Waals surface area (Å²) >= 11 is 1.91. The highest BCUT2D eigenvalue weighted by Crippen LogP contribution is 2.13. The van der Waals surface area contributed by atoms with Gasteiger partial charge in [0.05, 0.1) is 0 Å². The first-order chi connectivity index (χ1) is 7.77. The summed E-state index contributed by atoms with van der Waals surface area (Å²) in [5.74, 6) is 7.69. The van der Waals surface area contributed by atoms with Crippen LogP contribution in [0.1, 0.15) is 18.9 Å². The van der Waals surface area contributed by atoms with Crippen molar-refractivity contribution >= 4 is 17.4 Å². The molecule has 1 atom stereocenters. The van der Waals surface area contributed by atoms with E-state index in [9.17, 15) is 0 Å². The van der Waals surface area contributed by atoms with E-state index in [1.807, 2.05) is 24.0 Å². The third-order valence-corrected chi connectivity index (χ3v) is 3.65. The zero-order chi connectivity index (χ0) is 11.8. The Kier molecular flexibility index (Phi) is 6.22. The van der Waals surface area contributed by atoms with Crippen LogP contribution >= 0.6 is 11.8 Å². The smallest absolute Gasteiger partial charge is 0.0378 e. The lowest BCUT2D eigenvalue weighted by molar-refractivity contribution is 0.575. The van der Waals surface area contributed by atoms with Gasteiger partial charge in [0, 0.05) is 29.9 Å². The SMILES string of the molecule is CCCSCC(Cc1cnccc1N)NN. The first-order valence-electron chi connectivity index (χ1n) is 5.50. The highest BCUT2D eigenvalue weighted by Gasteiger charge is 2.09. The van der Waals surface area contributed by atoms with Gasteiger partial charge in [0.2, 0.25) is 0 Å². The van der Waals surface area contributed by atoms with E-state index in [0.29, 0.717) is 0 Å². The monoisotopic (exact) mass is 240 g/mol. The largest absolute Gasteiger partial charge is 0.398 e. The summed E-state index contributed by atoms with van der Waals surface area (Å²) in [4.78, 5) is 4.07. The average Bonchev–Trinajstić information content (AvgIpc) is 2.30. The standard InChI is InChI=1S/C11H20N4S/c1-2-5-16-8-10(15-13)6-9-7-14-4-3-11(9)12/h3-4,7,10,15H,2,5-6,8,13H2,1H3,(H2,12,14). The van der Waals surface area contributed by atoms with Crippen molar-refractivity contribution in [3.63, 3.8) is 0 Å². The molecule has 0 spiro atoms.